The third-order valence-electron chi connectivity index (χ3n) is 4.10. The molecule has 0 N–H and O–H groups in total. The van der Waals surface area contributed by atoms with Gasteiger partial charge < -0.3 is 0 Å². The Labute approximate surface area is 90.5 Å². The molecule has 0 amide bonds. The van der Waals surface area contributed by atoms with Crippen LogP contribution in [-0.2, 0) is 0 Å². The van der Waals surface area contributed by atoms with E-state index in [1.165, 1.54) is 25.2 Å². The summed E-state index contributed by atoms with van der Waals surface area (Å²) in [4.78, 5) is 0. The summed E-state index contributed by atoms with van der Waals surface area (Å²) in [5.41, 5.74) is 0. The van der Waals surface area contributed by atoms with Crippen molar-refractivity contribution in [1.82, 2.24) is 0 Å². The average molecular weight is 210 g/mol. The lowest BCUT2D eigenvalue weighted by Gasteiger charge is -2.30. The molecule has 0 saturated heterocycles. The molecule has 0 nitrogen and oxygen atoms in total. The summed E-state index contributed by atoms with van der Waals surface area (Å²) in [5, 5.41) is 0. The van der Waals surface area contributed by atoms with E-state index in [1.54, 1.807) is 37.8 Å². The average Bonchev–Trinajstić information content (AvgIpc) is 2.88. The molecule has 0 atom stereocenters. The quantitative estimate of drug-likeness (QED) is 0.591. The number of rotatable bonds is 4. The Bertz CT molecular complexity index is 176. The molecule has 2 aliphatic carbocycles. The molecule has 0 bridgehead atoms. The molecule has 0 aliphatic heterocycles. The van der Waals surface area contributed by atoms with Gasteiger partial charge in [-0.05, 0) is 11.8 Å². The summed E-state index contributed by atoms with van der Waals surface area (Å²) in [7, 11) is -0.791. The predicted molar refractivity (Wildman–Crippen MR) is 66.4 cm³/mol. The highest BCUT2D eigenvalue weighted by molar-refractivity contribution is 6.77. The molecule has 0 aromatic rings. The molecule has 0 spiro atoms. The van der Waals surface area contributed by atoms with E-state index in [9.17, 15) is 0 Å². The van der Waals surface area contributed by atoms with E-state index in [2.05, 4.69) is 13.1 Å². The lowest BCUT2D eigenvalue weighted by atomic mass is 9.91. The lowest BCUT2D eigenvalue weighted by Crippen LogP contribution is -2.29. The van der Waals surface area contributed by atoms with Gasteiger partial charge in [0.05, 0.1) is 0 Å². The van der Waals surface area contributed by atoms with Crippen LogP contribution < -0.4 is 0 Å². The van der Waals surface area contributed by atoms with Gasteiger partial charge in [-0.3, -0.25) is 0 Å². The first-order valence-electron chi connectivity index (χ1n) is 6.66. The molecule has 0 aromatic heterocycles. The van der Waals surface area contributed by atoms with Crippen molar-refractivity contribution in [3.8, 4) is 0 Å². The number of hydrogen-bond donors (Lipinski definition) is 0. The Morgan fingerprint density at radius 1 is 0.786 bits per heavy atom. The van der Waals surface area contributed by atoms with Gasteiger partial charge in [-0.1, -0.05) is 70.1 Å². The molecule has 82 valence electrons. The molecule has 0 aromatic carbocycles. The van der Waals surface area contributed by atoms with E-state index in [-0.39, 0.29) is 0 Å². The highest BCUT2D eigenvalue weighted by Crippen LogP contribution is 2.41. The van der Waals surface area contributed by atoms with Gasteiger partial charge in [0.2, 0.25) is 0 Å². The fourth-order valence-corrected chi connectivity index (χ4v) is 7.47. The first-order chi connectivity index (χ1) is 6.66. The summed E-state index contributed by atoms with van der Waals surface area (Å²) in [6, 6.07) is 3.28. The van der Waals surface area contributed by atoms with Crippen LogP contribution in [0.4, 0.5) is 0 Å². The van der Waals surface area contributed by atoms with Crippen molar-refractivity contribution < 1.29 is 0 Å². The maximum atomic E-state index is 2.64. The monoisotopic (exact) mass is 210 g/mol. The van der Waals surface area contributed by atoms with Crippen molar-refractivity contribution in [2.24, 2.45) is 11.8 Å². The van der Waals surface area contributed by atoms with Gasteiger partial charge in [-0.25, -0.2) is 0 Å². The largest absolute Gasteiger partial charge is 0.0693 e. The van der Waals surface area contributed by atoms with E-state index in [0.29, 0.717) is 0 Å². The topological polar surface area (TPSA) is 0 Å². The molecule has 1 heteroatoms. The third kappa shape index (κ3) is 3.41. The second kappa shape index (κ2) is 4.38. The molecule has 2 rings (SSSR count). The predicted octanol–water partition coefficient (Wildman–Crippen LogP) is 4.69. The van der Waals surface area contributed by atoms with Gasteiger partial charge >= 0.3 is 0 Å². The van der Waals surface area contributed by atoms with Gasteiger partial charge in [0, 0.05) is 8.07 Å². The maximum Gasteiger partial charge on any atom is 0.0479 e. The third-order valence-corrected chi connectivity index (χ3v) is 7.47. The molecule has 2 fully saturated rings. The van der Waals surface area contributed by atoms with Crippen LogP contribution in [0.2, 0.25) is 25.2 Å². The summed E-state index contributed by atoms with van der Waals surface area (Å²) in [6.45, 7) is 5.28. The standard InChI is InChI=1S/C13H26Si/c1-14(2,11-13-8-9-13)10-12-6-4-3-5-7-12/h12-13H,3-11H2,1-2H3. The van der Waals surface area contributed by atoms with Gasteiger partial charge in [0.15, 0.2) is 0 Å². The number of hydrogen-bond acceptors (Lipinski definition) is 0. The minimum Gasteiger partial charge on any atom is -0.0693 e. The summed E-state index contributed by atoms with van der Waals surface area (Å²) < 4.78 is 0. The van der Waals surface area contributed by atoms with Gasteiger partial charge in [0.1, 0.15) is 0 Å². The summed E-state index contributed by atoms with van der Waals surface area (Å²) >= 11 is 0. The smallest absolute Gasteiger partial charge is 0.0479 e. The van der Waals surface area contributed by atoms with E-state index < -0.39 is 8.07 Å². The minimum atomic E-state index is -0.791. The van der Waals surface area contributed by atoms with Crippen LogP contribution in [0.15, 0.2) is 0 Å². The van der Waals surface area contributed by atoms with Crippen molar-refractivity contribution in [3.05, 3.63) is 0 Å². The Hall–Kier alpha value is 0.217. The molecule has 0 heterocycles. The van der Waals surface area contributed by atoms with Crippen molar-refractivity contribution >= 4 is 8.07 Å². The first-order valence-corrected chi connectivity index (χ1v) is 10.1. The molecule has 0 unspecified atom stereocenters. The second-order valence-corrected chi connectivity index (χ2v) is 11.7. The molecule has 14 heavy (non-hydrogen) atoms. The van der Waals surface area contributed by atoms with Crippen molar-refractivity contribution in [2.75, 3.05) is 0 Å². The van der Waals surface area contributed by atoms with Crippen LogP contribution in [0.5, 0.6) is 0 Å². The van der Waals surface area contributed by atoms with Crippen LogP contribution in [-0.4, -0.2) is 8.07 Å². The second-order valence-electron chi connectivity index (χ2n) is 6.52. The highest BCUT2D eigenvalue weighted by atomic mass is 28.3. The van der Waals surface area contributed by atoms with Gasteiger partial charge in [-0.15, -0.1) is 0 Å². The van der Waals surface area contributed by atoms with Crippen LogP contribution in [0, 0.1) is 11.8 Å². The molecular weight excluding hydrogens is 184 g/mol. The first kappa shape index (κ1) is 10.7. The molecule has 2 saturated carbocycles. The van der Waals surface area contributed by atoms with Crippen molar-refractivity contribution in [2.45, 2.75) is 70.1 Å². The highest BCUT2D eigenvalue weighted by Gasteiger charge is 2.33. The van der Waals surface area contributed by atoms with Crippen LogP contribution in [0.3, 0.4) is 0 Å². The van der Waals surface area contributed by atoms with Crippen LogP contribution in [0.25, 0.3) is 0 Å². The Kier molecular flexibility index (Phi) is 3.36. The Morgan fingerprint density at radius 2 is 1.29 bits per heavy atom. The summed E-state index contributed by atoms with van der Waals surface area (Å²) in [5.74, 6) is 2.30. The van der Waals surface area contributed by atoms with Crippen molar-refractivity contribution in [3.63, 3.8) is 0 Å². The fourth-order valence-electron chi connectivity index (χ4n) is 3.36. The molecule has 2 aliphatic rings. The lowest BCUT2D eigenvalue weighted by molar-refractivity contribution is 0.381. The zero-order chi connectivity index (χ0) is 10.0. The fraction of sp³-hybridized carbons (Fsp3) is 1.00. The van der Waals surface area contributed by atoms with E-state index in [1.807, 2.05) is 0 Å². The molecular formula is C13H26Si. The zero-order valence-electron chi connectivity index (χ0n) is 10.0. The van der Waals surface area contributed by atoms with E-state index in [4.69, 9.17) is 0 Å². The summed E-state index contributed by atoms with van der Waals surface area (Å²) in [6.07, 6.45) is 10.8. The van der Waals surface area contributed by atoms with E-state index in [0.717, 1.165) is 5.92 Å². The Balaban J connectivity index is 1.75. The van der Waals surface area contributed by atoms with Crippen molar-refractivity contribution in [1.29, 1.82) is 0 Å². The minimum absolute atomic E-state index is 0.791. The normalized spacial score (nSPS) is 25.3. The van der Waals surface area contributed by atoms with Crippen LogP contribution in [0.1, 0.15) is 44.9 Å². The van der Waals surface area contributed by atoms with E-state index >= 15 is 0 Å². The van der Waals surface area contributed by atoms with Gasteiger partial charge in [0.25, 0.3) is 0 Å². The van der Waals surface area contributed by atoms with Crippen LogP contribution >= 0.6 is 0 Å². The molecule has 0 radical (unpaired) electrons. The SMILES string of the molecule is C[Si](C)(CC1CCCCC1)CC1CC1. The van der Waals surface area contributed by atoms with Gasteiger partial charge in [-0.2, -0.15) is 0 Å². The zero-order valence-corrected chi connectivity index (χ0v) is 11.0. The Morgan fingerprint density at radius 3 is 1.79 bits per heavy atom. The maximum absolute atomic E-state index is 2.64.